The third kappa shape index (κ3) is 4.10. The highest BCUT2D eigenvalue weighted by atomic mass is 16.5. The number of hydrogen-bond acceptors (Lipinski definition) is 4. The van der Waals surface area contributed by atoms with E-state index in [1.165, 1.54) is 0 Å². The summed E-state index contributed by atoms with van der Waals surface area (Å²) in [5.74, 6) is 6.00. The number of carbonyl (C=O) groups is 1. The van der Waals surface area contributed by atoms with Gasteiger partial charge in [0.15, 0.2) is 6.61 Å². The first-order chi connectivity index (χ1) is 8.71. The van der Waals surface area contributed by atoms with Crippen molar-refractivity contribution in [1.29, 1.82) is 0 Å². The smallest absolute Gasteiger partial charge is 0.271 e. The molecule has 0 aliphatic carbocycles. The van der Waals surface area contributed by atoms with E-state index < -0.39 is 0 Å². The number of allylic oxidation sites excluding steroid dienone is 1. The standard InChI is InChI=1S/C13H18N2O3/c1-3-5-10-8-11(17-4-2)6-7-12(10)18-9-13(16)15-14/h3,6-8H,1,4-5,9,14H2,2H3,(H,15,16). The molecular formula is C13H18N2O3. The van der Waals surface area contributed by atoms with E-state index in [9.17, 15) is 4.79 Å². The Morgan fingerprint density at radius 2 is 2.28 bits per heavy atom. The zero-order valence-electron chi connectivity index (χ0n) is 10.4. The van der Waals surface area contributed by atoms with Gasteiger partial charge in [0, 0.05) is 5.56 Å². The molecule has 0 unspecified atom stereocenters. The lowest BCUT2D eigenvalue weighted by Crippen LogP contribution is -2.34. The van der Waals surface area contributed by atoms with Crippen LogP contribution in [0.1, 0.15) is 12.5 Å². The van der Waals surface area contributed by atoms with Crippen LogP contribution in [0.4, 0.5) is 0 Å². The summed E-state index contributed by atoms with van der Waals surface area (Å²) in [5.41, 5.74) is 2.93. The van der Waals surface area contributed by atoms with E-state index in [-0.39, 0.29) is 12.5 Å². The molecule has 98 valence electrons. The van der Waals surface area contributed by atoms with Crippen LogP contribution in [0, 0.1) is 0 Å². The van der Waals surface area contributed by atoms with Crippen molar-refractivity contribution in [2.24, 2.45) is 5.84 Å². The highest BCUT2D eigenvalue weighted by Gasteiger charge is 2.07. The van der Waals surface area contributed by atoms with E-state index in [1.807, 2.05) is 18.4 Å². The van der Waals surface area contributed by atoms with Crippen molar-refractivity contribution in [2.45, 2.75) is 13.3 Å². The summed E-state index contributed by atoms with van der Waals surface area (Å²) in [5, 5.41) is 0. The zero-order chi connectivity index (χ0) is 13.4. The maximum Gasteiger partial charge on any atom is 0.271 e. The Hall–Kier alpha value is -2.01. The van der Waals surface area contributed by atoms with Crippen LogP contribution < -0.4 is 20.7 Å². The summed E-state index contributed by atoms with van der Waals surface area (Å²) in [6.45, 7) is 6.09. The highest BCUT2D eigenvalue weighted by molar-refractivity contribution is 5.76. The van der Waals surface area contributed by atoms with Crippen LogP contribution in [0.15, 0.2) is 30.9 Å². The molecule has 1 rings (SSSR count). The zero-order valence-corrected chi connectivity index (χ0v) is 10.4. The van der Waals surface area contributed by atoms with Crippen molar-refractivity contribution in [3.8, 4) is 11.5 Å². The molecule has 1 amide bonds. The molecule has 0 spiro atoms. The summed E-state index contributed by atoms with van der Waals surface area (Å²) in [4.78, 5) is 11.0. The van der Waals surface area contributed by atoms with Gasteiger partial charge < -0.3 is 9.47 Å². The second kappa shape index (κ2) is 7.34. The van der Waals surface area contributed by atoms with Crippen molar-refractivity contribution in [2.75, 3.05) is 13.2 Å². The van der Waals surface area contributed by atoms with Gasteiger partial charge >= 0.3 is 0 Å². The molecule has 0 bridgehead atoms. The van der Waals surface area contributed by atoms with Crippen molar-refractivity contribution in [3.63, 3.8) is 0 Å². The fourth-order valence-corrected chi connectivity index (χ4v) is 1.45. The first kappa shape index (κ1) is 14.1. The van der Waals surface area contributed by atoms with E-state index in [4.69, 9.17) is 15.3 Å². The fourth-order valence-electron chi connectivity index (χ4n) is 1.45. The van der Waals surface area contributed by atoms with E-state index in [2.05, 4.69) is 6.58 Å². The van der Waals surface area contributed by atoms with Crippen LogP contribution in [0.5, 0.6) is 11.5 Å². The normalized spacial score (nSPS) is 9.67. The Balaban J connectivity index is 2.81. The number of nitrogens with one attached hydrogen (secondary N) is 1. The van der Waals surface area contributed by atoms with Crippen molar-refractivity contribution >= 4 is 5.91 Å². The number of rotatable bonds is 7. The van der Waals surface area contributed by atoms with Crippen LogP contribution in [0.25, 0.3) is 0 Å². The van der Waals surface area contributed by atoms with Gasteiger partial charge in [-0.2, -0.15) is 0 Å². The Kier molecular flexibility index (Phi) is 5.73. The van der Waals surface area contributed by atoms with Gasteiger partial charge in [-0.3, -0.25) is 10.2 Å². The molecule has 0 atom stereocenters. The third-order valence-corrected chi connectivity index (χ3v) is 2.23. The molecule has 0 aliphatic heterocycles. The molecule has 0 heterocycles. The molecule has 0 radical (unpaired) electrons. The van der Waals surface area contributed by atoms with Gasteiger partial charge in [-0.05, 0) is 31.5 Å². The first-order valence-corrected chi connectivity index (χ1v) is 5.70. The molecule has 0 saturated carbocycles. The maximum absolute atomic E-state index is 11.0. The predicted molar refractivity (Wildman–Crippen MR) is 69.3 cm³/mol. The SMILES string of the molecule is C=CCc1cc(OCC)ccc1OCC(=O)NN. The van der Waals surface area contributed by atoms with E-state index >= 15 is 0 Å². The number of nitrogens with two attached hydrogens (primary N) is 1. The van der Waals surface area contributed by atoms with Crippen LogP contribution in [0.2, 0.25) is 0 Å². The third-order valence-electron chi connectivity index (χ3n) is 2.23. The molecule has 5 nitrogen and oxygen atoms in total. The summed E-state index contributed by atoms with van der Waals surface area (Å²) in [6, 6.07) is 5.44. The van der Waals surface area contributed by atoms with Gasteiger partial charge in [0.05, 0.1) is 6.61 Å². The molecular weight excluding hydrogens is 232 g/mol. The molecule has 0 fully saturated rings. The van der Waals surface area contributed by atoms with Gasteiger partial charge in [-0.25, -0.2) is 5.84 Å². The minimum atomic E-state index is -0.381. The number of ether oxygens (including phenoxy) is 2. The topological polar surface area (TPSA) is 73.6 Å². The van der Waals surface area contributed by atoms with Crippen LogP contribution >= 0.6 is 0 Å². The molecule has 18 heavy (non-hydrogen) atoms. The molecule has 0 aliphatic rings. The quantitative estimate of drug-likeness (QED) is 0.330. The van der Waals surface area contributed by atoms with Gasteiger partial charge in [-0.15, -0.1) is 6.58 Å². The van der Waals surface area contributed by atoms with E-state index in [1.54, 1.807) is 18.2 Å². The molecule has 0 aromatic heterocycles. The average Bonchev–Trinajstić information content (AvgIpc) is 2.38. The Morgan fingerprint density at radius 1 is 1.50 bits per heavy atom. The fraction of sp³-hybridized carbons (Fsp3) is 0.308. The lowest BCUT2D eigenvalue weighted by Gasteiger charge is -2.12. The van der Waals surface area contributed by atoms with Crippen LogP contribution in [0.3, 0.4) is 0 Å². The predicted octanol–water partition coefficient (Wildman–Crippen LogP) is 1.18. The van der Waals surface area contributed by atoms with Crippen molar-refractivity contribution < 1.29 is 14.3 Å². The van der Waals surface area contributed by atoms with Gasteiger partial charge in [-0.1, -0.05) is 6.08 Å². The Morgan fingerprint density at radius 3 is 2.89 bits per heavy atom. The summed E-state index contributed by atoms with van der Waals surface area (Å²) in [6.07, 6.45) is 2.40. The number of amides is 1. The molecule has 1 aromatic carbocycles. The number of hydrazine groups is 1. The number of benzene rings is 1. The molecule has 1 aromatic rings. The summed E-state index contributed by atoms with van der Waals surface area (Å²) in [7, 11) is 0. The second-order valence-electron chi connectivity index (χ2n) is 3.55. The monoisotopic (exact) mass is 250 g/mol. The van der Waals surface area contributed by atoms with E-state index in [0.717, 1.165) is 11.3 Å². The maximum atomic E-state index is 11.0. The Bertz CT molecular complexity index is 419. The van der Waals surface area contributed by atoms with Crippen molar-refractivity contribution in [1.82, 2.24) is 5.43 Å². The van der Waals surface area contributed by atoms with Crippen molar-refractivity contribution in [3.05, 3.63) is 36.4 Å². The van der Waals surface area contributed by atoms with Gasteiger partial charge in [0.1, 0.15) is 11.5 Å². The number of hydrogen-bond donors (Lipinski definition) is 2. The first-order valence-electron chi connectivity index (χ1n) is 5.70. The van der Waals surface area contributed by atoms with Crippen LogP contribution in [-0.4, -0.2) is 19.1 Å². The highest BCUT2D eigenvalue weighted by Crippen LogP contribution is 2.25. The summed E-state index contributed by atoms with van der Waals surface area (Å²) < 4.78 is 10.8. The Labute approximate surface area is 107 Å². The van der Waals surface area contributed by atoms with Gasteiger partial charge in [0.2, 0.25) is 0 Å². The molecule has 0 saturated heterocycles. The lowest BCUT2D eigenvalue weighted by molar-refractivity contribution is -0.123. The van der Waals surface area contributed by atoms with E-state index in [0.29, 0.717) is 18.8 Å². The van der Waals surface area contributed by atoms with Crippen LogP contribution in [-0.2, 0) is 11.2 Å². The minimum Gasteiger partial charge on any atom is -0.494 e. The second-order valence-corrected chi connectivity index (χ2v) is 3.55. The minimum absolute atomic E-state index is 0.116. The average molecular weight is 250 g/mol. The lowest BCUT2D eigenvalue weighted by atomic mass is 10.1. The number of carbonyl (C=O) groups excluding carboxylic acids is 1. The van der Waals surface area contributed by atoms with Gasteiger partial charge in [0.25, 0.3) is 5.91 Å². The molecule has 3 N–H and O–H groups in total. The largest absolute Gasteiger partial charge is 0.494 e. The molecule has 5 heteroatoms. The summed E-state index contributed by atoms with van der Waals surface area (Å²) >= 11 is 0.